The van der Waals surface area contributed by atoms with E-state index in [0.717, 1.165) is 15.0 Å². The second-order valence-corrected chi connectivity index (χ2v) is 4.88. The van der Waals surface area contributed by atoms with Gasteiger partial charge >= 0.3 is 0 Å². The summed E-state index contributed by atoms with van der Waals surface area (Å²) in [7, 11) is 0. The fourth-order valence-corrected chi connectivity index (χ4v) is 2.19. The zero-order valence-corrected chi connectivity index (χ0v) is 10.5. The van der Waals surface area contributed by atoms with Crippen LogP contribution >= 0.6 is 33.9 Å². The average Bonchev–Trinajstić information content (AvgIpc) is 2.51. The molecule has 14 heavy (non-hydrogen) atoms. The van der Waals surface area contributed by atoms with E-state index < -0.39 is 0 Å². The number of halogens is 1. The van der Waals surface area contributed by atoms with Gasteiger partial charge in [-0.15, -0.1) is 0 Å². The summed E-state index contributed by atoms with van der Waals surface area (Å²) < 4.78 is 6.74. The van der Waals surface area contributed by atoms with Gasteiger partial charge in [-0.3, -0.25) is 0 Å². The van der Waals surface area contributed by atoms with Gasteiger partial charge in [-0.2, -0.15) is 0 Å². The number of hydrogen-bond acceptors (Lipinski definition) is 3. The second-order valence-electron chi connectivity index (χ2n) is 2.81. The zero-order valence-electron chi connectivity index (χ0n) is 7.53. The topological polar surface area (TPSA) is 22.1 Å². The Hall–Kier alpha value is -0.620. The van der Waals surface area contributed by atoms with Gasteiger partial charge in [-0.1, -0.05) is 17.4 Å². The maximum absolute atomic E-state index is 5.58. The Morgan fingerprint density at radius 1 is 1.43 bits per heavy atom. The maximum atomic E-state index is 5.58. The van der Waals surface area contributed by atoms with E-state index in [0.29, 0.717) is 5.19 Å². The number of aromatic nitrogens is 1. The van der Waals surface area contributed by atoms with Crippen molar-refractivity contribution in [2.24, 2.45) is 0 Å². The van der Waals surface area contributed by atoms with E-state index in [1.165, 1.54) is 11.3 Å². The smallest absolute Gasteiger partial charge is 0.278 e. The Morgan fingerprint density at radius 2 is 2.29 bits per heavy atom. The van der Waals surface area contributed by atoms with Crippen molar-refractivity contribution in [1.82, 2.24) is 4.98 Å². The number of aryl methyl sites for hydroxylation is 1. The minimum Gasteiger partial charge on any atom is -0.431 e. The molecule has 2 aromatic rings. The van der Waals surface area contributed by atoms with Gasteiger partial charge in [-0.05, 0) is 47.7 Å². The molecule has 0 aliphatic carbocycles. The molecule has 0 unspecified atom stereocenters. The first-order chi connectivity index (χ1) is 6.74. The molecule has 0 aliphatic heterocycles. The molecule has 1 heterocycles. The summed E-state index contributed by atoms with van der Waals surface area (Å²) in [5.74, 6) is 0.839. The van der Waals surface area contributed by atoms with Gasteiger partial charge in [0.2, 0.25) is 0 Å². The van der Waals surface area contributed by atoms with Crippen LogP contribution in [0, 0.1) is 10.5 Å². The minimum absolute atomic E-state index is 0.699. The molecule has 0 N–H and O–H groups in total. The van der Waals surface area contributed by atoms with Gasteiger partial charge in [0.05, 0.1) is 5.69 Å². The average molecular weight is 317 g/mol. The minimum atomic E-state index is 0.699. The number of benzene rings is 1. The van der Waals surface area contributed by atoms with Crippen LogP contribution in [-0.4, -0.2) is 4.98 Å². The lowest BCUT2D eigenvalue weighted by Gasteiger charge is -2.00. The van der Waals surface area contributed by atoms with Crippen molar-refractivity contribution in [1.29, 1.82) is 0 Å². The molecule has 0 saturated heterocycles. The molecule has 1 aromatic heterocycles. The van der Waals surface area contributed by atoms with Crippen LogP contribution in [0.2, 0.25) is 0 Å². The molecule has 0 spiro atoms. The summed E-state index contributed by atoms with van der Waals surface area (Å²) in [4.78, 5) is 4.23. The van der Waals surface area contributed by atoms with E-state index in [2.05, 4.69) is 27.6 Å². The summed E-state index contributed by atoms with van der Waals surface area (Å²) in [5, 5.41) is 2.67. The SMILES string of the molecule is Cc1csc(Oc2cccc(I)c2)n1. The molecule has 0 amide bonds. The van der Waals surface area contributed by atoms with Crippen LogP contribution in [0.15, 0.2) is 29.6 Å². The van der Waals surface area contributed by atoms with Gasteiger partial charge < -0.3 is 4.74 Å². The Morgan fingerprint density at radius 3 is 2.93 bits per heavy atom. The van der Waals surface area contributed by atoms with Crippen LogP contribution in [0.4, 0.5) is 0 Å². The molecule has 0 saturated carbocycles. The normalized spacial score (nSPS) is 10.1. The first-order valence-electron chi connectivity index (χ1n) is 4.09. The van der Waals surface area contributed by atoms with Crippen molar-refractivity contribution >= 4 is 33.9 Å². The summed E-state index contributed by atoms with van der Waals surface area (Å²) in [5.41, 5.74) is 0.996. The number of rotatable bonds is 2. The number of ether oxygens (including phenoxy) is 1. The molecule has 0 fully saturated rings. The highest BCUT2D eigenvalue weighted by Crippen LogP contribution is 2.25. The molecule has 0 radical (unpaired) electrons. The third-order valence-corrected chi connectivity index (χ3v) is 3.11. The van der Waals surface area contributed by atoms with Gasteiger partial charge in [-0.25, -0.2) is 4.98 Å². The van der Waals surface area contributed by atoms with Crippen molar-refractivity contribution in [2.45, 2.75) is 6.92 Å². The first-order valence-corrected chi connectivity index (χ1v) is 6.05. The Labute approximate surface area is 100 Å². The van der Waals surface area contributed by atoms with Crippen LogP contribution in [0.3, 0.4) is 0 Å². The lowest BCUT2D eigenvalue weighted by atomic mass is 10.3. The molecular formula is C10H8INOS. The Bertz CT molecular complexity index is 441. The number of thiazole rings is 1. The molecule has 1 aromatic carbocycles. The van der Waals surface area contributed by atoms with E-state index in [-0.39, 0.29) is 0 Å². The van der Waals surface area contributed by atoms with E-state index in [4.69, 9.17) is 4.74 Å². The lowest BCUT2D eigenvalue weighted by Crippen LogP contribution is -1.83. The Balaban J connectivity index is 2.18. The highest BCUT2D eigenvalue weighted by atomic mass is 127. The molecular weight excluding hydrogens is 309 g/mol. The molecule has 2 rings (SSSR count). The summed E-state index contributed by atoms with van der Waals surface area (Å²) in [6.07, 6.45) is 0. The van der Waals surface area contributed by atoms with Crippen molar-refractivity contribution < 1.29 is 4.74 Å². The van der Waals surface area contributed by atoms with Gasteiger partial charge in [0.1, 0.15) is 5.75 Å². The van der Waals surface area contributed by atoms with Gasteiger partial charge in [0.15, 0.2) is 0 Å². The third kappa shape index (κ3) is 2.45. The molecule has 4 heteroatoms. The predicted octanol–water partition coefficient (Wildman–Crippen LogP) is 3.85. The molecule has 0 bridgehead atoms. The molecule has 2 nitrogen and oxygen atoms in total. The van der Waals surface area contributed by atoms with Crippen LogP contribution in [0.25, 0.3) is 0 Å². The zero-order chi connectivity index (χ0) is 9.97. The largest absolute Gasteiger partial charge is 0.431 e. The molecule has 0 atom stereocenters. The highest BCUT2D eigenvalue weighted by Gasteiger charge is 2.01. The predicted molar refractivity (Wildman–Crippen MR) is 66.1 cm³/mol. The van der Waals surface area contributed by atoms with E-state index in [9.17, 15) is 0 Å². The van der Waals surface area contributed by atoms with E-state index in [1.54, 1.807) is 0 Å². The number of hydrogen-bond donors (Lipinski definition) is 0. The Kier molecular flexibility index (Phi) is 3.02. The van der Waals surface area contributed by atoms with Gasteiger partial charge in [0.25, 0.3) is 5.19 Å². The van der Waals surface area contributed by atoms with Crippen molar-refractivity contribution in [3.8, 4) is 10.9 Å². The molecule has 0 aliphatic rings. The fraction of sp³-hybridized carbons (Fsp3) is 0.100. The third-order valence-electron chi connectivity index (χ3n) is 1.60. The summed E-state index contributed by atoms with van der Waals surface area (Å²) >= 11 is 3.77. The van der Waals surface area contributed by atoms with Crippen molar-refractivity contribution in [3.63, 3.8) is 0 Å². The lowest BCUT2D eigenvalue weighted by molar-refractivity contribution is 0.477. The molecule has 72 valence electrons. The van der Waals surface area contributed by atoms with Crippen LogP contribution in [-0.2, 0) is 0 Å². The number of nitrogens with zero attached hydrogens (tertiary/aromatic N) is 1. The standard InChI is InChI=1S/C10H8INOS/c1-7-6-14-10(12-7)13-9-4-2-3-8(11)5-9/h2-6H,1H3. The van der Waals surface area contributed by atoms with Gasteiger partial charge in [0, 0.05) is 8.95 Å². The quantitative estimate of drug-likeness (QED) is 0.785. The van der Waals surface area contributed by atoms with Crippen LogP contribution in [0.1, 0.15) is 5.69 Å². The summed E-state index contributed by atoms with van der Waals surface area (Å²) in [6, 6.07) is 7.91. The first kappa shape index (κ1) is 9.92. The second kappa shape index (κ2) is 4.27. The van der Waals surface area contributed by atoms with E-state index in [1.807, 2.05) is 36.6 Å². The van der Waals surface area contributed by atoms with Crippen molar-refractivity contribution in [3.05, 3.63) is 38.9 Å². The van der Waals surface area contributed by atoms with Crippen LogP contribution in [0.5, 0.6) is 10.9 Å². The van der Waals surface area contributed by atoms with Crippen molar-refractivity contribution in [2.75, 3.05) is 0 Å². The fourth-order valence-electron chi connectivity index (χ4n) is 1.01. The van der Waals surface area contributed by atoms with E-state index >= 15 is 0 Å². The highest BCUT2D eigenvalue weighted by molar-refractivity contribution is 14.1. The maximum Gasteiger partial charge on any atom is 0.278 e. The monoisotopic (exact) mass is 317 g/mol. The van der Waals surface area contributed by atoms with Crippen LogP contribution < -0.4 is 4.74 Å². The summed E-state index contributed by atoms with van der Waals surface area (Å²) in [6.45, 7) is 1.96.